The minimum Gasteiger partial charge on any atom is -0.494 e. The number of urea groups is 1. The van der Waals surface area contributed by atoms with Gasteiger partial charge in [0.2, 0.25) is 5.91 Å². The molecule has 2 aliphatic heterocycles. The molecule has 142 valence electrons. The van der Waals surface area contributed by atoms with Crippen molar-refractivity contribution in [3.63, 3.8) is 0 Å². The Labute approximate surface area is 155 Å². The first-order valence-electron chi connectivity index (χ1n) is 9.72. The number of carbonyl (C=O) groups is 2. The number of hydrogen-bond acceptors (Lipinski definition) is 3. The number of amides is 3. The van der Waals surface area contributed by atoms with Crippen LogP contribution in [-0.2, 0) is 4.79 Å². The summed E-state index contributed by atoms with van der Waals surface area (Å²) in [6, 6.07) is 7.78. The van der Waals surface area contributed by atoms with Crippen molar-refractivity contribution < 1.29 is 14.3 Å². The number of benzene rings is 1. The van der Waals surface area contributed by atoms with Crippen molar-refractivity contribution in [1.82, 2.24) is 9.80 Å². The number of ether oxygens (including phenoxy) is 1. The highest BCUT2D eigenvalue weighted by Crippen LogP contribution is 2.24. The van der Waals surface area contributed by atoms with Gasteiger partial charge in [0.05, 0.1) is 6.61 Å². The van der Waals surface area contributed by atoms with E-state index in [0.717, 1.165) is 37.2 Å². The lowest BCUT2D eigenvalue weighted by atomic mass is 10.00. The molecule has 6 nitrogen and oxygen atoms in total. The molecule has 3 amide bonds. The van der Waals surface area contributed by atoms with Gasteiger partial charge in [-0.15, -0.1) is 0 Å². The van der Waals surface area contributed by atoms with Crippen molar-refractivity contribution in [1.29, 1.82) is 0 Å². The Kier molecular flexibility index (Phi) is 6.01. The lowest BCUT2D eigenvalue weighted by molar-refractivity contribution is -0.135. The van der Waals surface area contributed by atoms with E-state index >= 15 is 0 Å². The maximum absolute atomic E-state index is 12.7. The van der Waals surface area contributed by atoms with Crippen LogP contribution in [0.3, 0.4) is 0 Å². The lowest BCUT2D eigenvalue weighted by Gasteiger charge is -2.36. The van der Waals surface area contributed by atoms with E-state index in [1.54, 1.807) is 9.80 Å². The Hall–Kier alpha value is -2.24. The van der Waals surface area contributed by atoms with Gasteiger partial charge in [0, 0.05) is 31.4 Å². The zero-order valence-electron chi connectivity index (χ0n) is 15.8. The Morgan fingerprint density at radius 2 is 1.88 bits per heavy atom. The van der Waals surface area contributed by atoms with E-state index < -0.39 is 0 Å². The fourth-order valence-corrected chi connectivity index (χ4v) is 3.87. The summed E-state index contributed by atoms with van der Waals surface area (Å²) < 4.78 is 5.45. The average Bonchev–Trinajstić information content (AvgIpc) is 3.03. The molecule has 1 aromatic rings. The van der Waals surface area contributed by atoms with E-state index in [0.29, 0.717) is 25.7 Å². The van der Waals surface area contributed by atoms with Crippen molar-refractivity contribution in [2.24, 2.45) is 0 Å². The highest BCUT2D eigenvalue weighted by Gasteiger charge is 2.33. The number of hydrogen-bond donors (Lipinski definition) is 0. The van der Waals surface area contributed by atoms with Crippen LogP contribution in [0.15, 0.2) is 24.3 Å². The van der Waals surface area contributed by atoms with Crippen LogP contribution in [0.1, 0.15) is 39.5 Å². The van der Waals surface area contributed by atoms with Crippen LogP contribution in [0.2, 0.25) is 0 Å². The van der Waals surface area contributed by atoms with Gasteiger partial charge in [0.15, 0.2) is 0 Å². The third kappa shape index (κ3) is 3.94. The van der Waals surface area contributed by atoms with Gasteiger partial charge in [0.25, 0.3) is 0 Å². The molecule has 0 aromatic heterocycles. The number of anilines is 1. The first-order valence-corrected chi connectivity index (χ1v) is 9.72. The van der Waals surface area contributed by atoms with Gasteiger partial charge in [-0.2, -0.15) is 0 Å². The number of rotatable bonds is 6. The maximum Gasteiger partial charge on any atom is 0.325 e. The summed E-state index contributed by atoms with van der Waals surface area (Å²) in [6.45, 7) is 6.89. The molecule has 2 aliphatic rings. The van der Waals surface area contributed by atoms with Gasteiger partial charge in [-0.05, 0) is 56.9 Å². The number of likely N-dealkylation sites (tertiary alicyclic amines) is 1. The fourth-order valence-electron chi connectivity index (χ4n) is 3.87. The van der Waals surface area contributed by atoms with Crippen LogP contribution in [0.4, 0.5) is 10.5 Å². The molecule has 26 heavy (non-hydrogen) atoms. The summed E-state index contributed by atoms with van der Waals surface area (Å²) in [4.78, 5) is 30.8. The second-order valence-electron chi connectivity index (χ2n) is 6.93. The number of piperidine rings is 1. The topological polar surface area (TPSA) is 53.1 Å². The van der Waals surface area contributed by atoms with E-state index in [1.165, 1.54) is 6.42 Å². The molecular formula is C20H29N3O3. The van der Waals surface area contributed by atoms with E-state index in [1.807, 2.05) is 36.1 Å². The molecule has 1 unspecified atom stereocenters. The normalized spacial score (nSPS) is 20.6. The Balaban J connectivity index is 1.60. The van der Waals surface area contributed by atoms with Crippen molar-refractivity contribution in [2.75, 3.05) is 37.7 Å². The molecule has 0 radical (unpaired) electrons. The first-order chi connectivity index (χ1) is 12.6. The molecule has 3 rings (SSSR count). The summed E-state index contributed by atoms with van der Waals surface area (Å²) in [6.07, 6.45) is 4.32. The van der Waals surface area contributed by atoms with Crippen LogP contribution >= 0.6 is 0 Å². The molecule has 0 N–H and O–H groups in total. The van der Waals surface area contributed by atoms with Crippen LogP contribution in [0, 0.1) is 0 Å². The summed E-state index contributed by atoms with van der Waals surface area (Å²) in [5, 5.41) is 0. The zero-order valence-corrected chi connectivity index (χ0v) is 15.8. The van der Waals surface area contributed by atoms with E-state index in [9.17, 15) is 9.59 Å². The van der Waals surface area contributed by atoms with Crippen molar-refractivity contribution in [2.45, 2.75) is 45.6 Å². The molecule has 0 saturated carbocycles. The highest BCUT2D eigenvalue weighted by molar-refractivity contribution is 5.96. The third-order valence-electron chi connectivity index (χ3n) is 5.30. The Bertz CT molecular complexity index is 632. The molecule has 2 fully saturated rings. The van der Waals surface area contributed by atoms with Gasteiger partial charge in [-0.25, -0.2) is 4.79 Å². The second-order valence-corrected chi connectivity index (χ2v) is 6.93. The van der Waals surface area contributed by atoms with Gasteiger partial charge in [-0.3, -0.25) is 9.69 Å². The summed E-state index contributed by atoms with van der Waals surface area (Å²) in [5.41, 5.74) is 0.845. The van der Waals surface area contributed by atoms with Gasteiger partial charge in [0.1, 0.15) is 12.3 Å². The predicted molar refractivity (Wildman–Crippen MR) is 102 cm³/mol. The summed E-state index contributed by atoms with van der Waals surface area (Å²) in [5.74, 6) is 0.879. The smallest absolute Gasteiger partial charge is 0.325 e. The van der Waals surface area contributed by atoms with Crippen molar-refractivity contribution in [3.05, 3.63) is 24.3 Å². The van der Waals surface area contributed by atoms with E-state index in [-0.39, 0.29) is 18.5 Å². The monoisotopic (exact) mass is 359 g/mol. The summed E-state index contributed by atoms with van der Waals surface area (Å²) in [7, 11) is 0. The minimum absolute atomic E-state index is 0.0819. The van der Waals surface area contributed by atoms with Crippen molar-refractivity contribution >= 4 is 17.6 Å². The molecule has 2 saturated heterocycles. The standard InChI is InChI=1S/C20H29N3O3/c1-3-16-7-5-6-12-22(16)19(24)15-21-13-14-23(20(21)25)17-8-10-18(11-9-17)26-4-2/h8-11,16H,3-7,12-15H2,1-2H3. The van der Waals surface area contributed by atoms with Gasteiger partial charge < -0.3 is 14.5 Å². The second kappa shape index (κ2) is 8.43. The van der Waals surface area contributed by atoms with Crippen LogP contribution in [0.25, 0.3) is 0 Å². The highest BCUT2D eigenvalue weighted by atomic mass is 16.5. The van der Waals surface area contributed by atoms with Gasteiger partial charge in [-0.1, -0.05) is 6.92 Å². The molecule has 0 bridgehead atoms. The number of carbonyl (C=O) groups excluding carboxylic acids is 2. The van der Waals surface area contributed by atoms with Crippen molar-refractivity contribution in [3.8, 4) is 5.75 Å². The average molecular weight is 359 g/mol. The summed E-state index contributed by atoms with van der Waals surface area (Å²) >= 11 is 0. The molecule has 0 aliphatic carbocycles. The third-order valence-corrected chi connectivity index (χ3v) is 5.30. The van der Waals surface area contributed by atoms with E-state index in [4.69, 9.17) is 4.74 Å². The maximum atomic E-state index is 12.7. The minimum atomic E-state index is -0.0902. The molecule has 0 spiro atoms. The molecular weight excluding hydrogens is 330 g/mol. The molecule has 1 atom stereocenters. The molecule has 1 aromatic carbocycles. The molecule has 2 heterocycles. The lowest BCUT2D eigenvalue weighted by Crippen LogP contribution is -2.48. The Morgan fingerprint density at radius 3 is 2.58 bits per heavy atom. The van der Waals surface area contributed by atoms with Gasteiger partial charge >= 0.3 is 6.03 Å². The SMILES string of the molecule is CCOc1ccc(N2CCN(CC(=O)N3CCCCC3CC)C2=O)cc1. The first kappa shape index (κ1) is 18.5. The van der Waals surface area contributed by atoms with Crippen LogP contribution in [-0.4, -0.2) is 60.6 Å². The van der Waals surface area contributed by atoms with Crippen LogP contribution in [0.5, 0.6) is 5.75 Å². The zero-order chi connectivity index (χ0) is 18.5. The number of nitrogens with zero attached hydrogens (tertiary/aromatic N) is 3. The predicted octanol–water partition coefficient (Wildman–Crippen LogP) is 3.12. The fraction of sp³-hybridized carbons (Fsp3) is 0.600. The quantitative estimate of drug-likeness (QED) is 0.784. The Morgan fingerprint density at radius 1 is 1.12 bits per heavy atom. The molecule has 6 heteroatoms. The van der Waals surface area contributed by atoms with E-state index in [2.05, 4.69) is 6.92 Å². The largest absolute Gasteiger partial charge is 0.494 e. The van der Waals surface area contributed by atoms with Crippen LogP contribution < -0.4 is 9.64 Å².